The molecule has 0 aromatic carbocycles. The van der Waals surface area contributed by atoms with E-state index in [-0.39, 0.29) is 5.92 Å². The molecule has 4 heterocycles. The zero-order valence-electron chi connectivity index (χ0n) is 16.3. The molecule has 3 aromatic rings. The summed E-state index contributed by atoms with van der Waals surface area (Å²) in [5.74, 6) is 2.50. The van der Waals surface area contributed by atoms with Gasteiger partial charge in [0, 0.05) is 52.5 Å². The number of piperidine rings is 1. The van der Waals surface area contributed by atoms with E-state index in [1.807, 2.05) is 17.8 Å². The van der Waals surface area contributed by atoms with E-state index < -0.39 is 5.82 Å². The fourth-order valence-corrected chi connectivity index (χ4v) is 3.60. The highest BCUT2D eigenvalue weighted by atomic mass is 19.1. The van der Waals surface area contributed by atoms with E-state index in [1.54, 1.807) is 31.5 Å². The number of nitrogens with zero attached hydrogens (tertiary/aromatic N) is 9. The normalized spacial score (nSPS) is 17.1. The lowest BCUT2D eigenvalue weighted by atomic mass is 9.97. The fourth-order valence-electron chi connectivity index (χ4n) is 3.60. The minimum Gasteiger partial charge on any atom is -0.360 e. The van der Waals surface area contributed by atoms with Gasteiger partial charge in [-0.15, -0.1) is 10.2 Å². The molecule has 10 heteroatoms. The quantitative estimate of drug-likeness (QED) is 0.657. The van der Waals surface area contributed by atoms with E-state index in [1.165, 1.54) is 6.20 Å². The highest BCUT2D eigenvalue weighted by molar-refractivity contribution is 5.44. The van der Waals surface area contributed by atoms with Gasteiger partial charge in [0.15, 0.2) is 17.5 Å². The first kappa shape index (κ1) is 18.3. The van der Waals surface area contributed by atoms with Crippen molar-refractivity contribution in [3.63, 3.8) is 0 Å². The van der Waals surface area contributed by atoms with E-state index in [9.17, 15) is 4.39 Å². The highest BCUT2D eigenvalue weighted by Gasteiger charge is 2.28. The Balaban J connectivity index is 1.53. The summed E-state index contributed by atoms with van der Waals surface area (Å²) in [5, 5.41) is 8.82. The van der Waals surface area contributed by atoms with Gasteiger partial charge in [0.2, 0.25) is 5.95 Å². The van der Waals surface area contributed by atoms with Crippen molar-refractivity contribution in [2.24, 2.45) is 7.05 Å². The first-order valence-corrected chi connectivity index (χ1v) is 9.31. The molecule has 1 aliphatic heterocycles. The van der Waals surface area contributed by atoms with Gasteiger partial charge in [0.25, 0.3) is 0 Å². The van der Waals surface area contributed by atoms with Crippen LogP contribution in [0.25, 0.3) is 0 Å². The Bertz CT molecular complexity index is 935. The maximum atomic E-state index is 13.9. The molecule has 0 bridgehead atoms. The predicted molar refractivity (Wildman–Crippen MR) is 103 cm³/mol. The van der Waals surface area contributed by atoms with Gasteiger partial charge in [-0.2, -0.15) is 4.98 Å². The van der Waals surface area contributed by atoms with Crippen molar-refractivity contribution in [3.05, 3.63) is 42.4 Å². The third-order valence-corrected chi connectivity index (χ3v) is 5.09. The molecule has 148 valence electrons. The van der Waals surface area contributed by atoms with Gasteiger partial charge in [-0.05, 0) is 12.8 Å². The van der Waals surface area contributed by atoms with Crippen LogP contribution in [-0.2, 0) is 13.6 Å². The topological polar surface area (TPSA) is 80.8 Å². The molecule has 1 fully saturated rings. The second-order valence-electron chi connectivity index (χ2n) is 7.29. The molecule has 4 rings (SSSR count). The van der Waals surface area contributed by atoms with E-state index in [2.05, 4.69) is 34.6 Å². The Hall–Kier alpha value is -3.04. The van der Waals surface area contributed by atoms with Crippen molar-refractivity contribution in [1.29, 1.82) is 0 Å². The zero-order chi connectivity index (χ0) is 19.7. The lowest BCUT2D eigenvalue weighted by Gasteiger charge is -2.32. The fraction of sp³-hybridized carbons (Fsp3) is 0.500. The summed E-state index contributed by atoms with van der Waals surface area (Å²) in [5.41, 5.74) is 0. The molecule has 28 heavy (non-hydrogen) atoms. The van der Waals surface area contributed by atoms with Gasteiger partial charge in [-0.1, -0.05) is 0 Å². The lowest BCUT2D eigenvalue weighted by Crippen LogP contribution is -2.36. The van der Waals surface area contributed by atoms with Crippen LogP contribution < -0.4 is 9.80 Å². The molecule has 0 N–H and O–H groups in total. The van der Waals surface area contributed by atoms with Gasteiger partial charge >= 0.3 is 0 Å². The van der Waals surface area contributed by atoms with Crippen LogP contribution in [0.15, 0.2) is 24.9 Å². The molecule has 0 amide bonds. The molecule has 9 nitrogen and oxygen atoms in total. The largest absolute Gasteiger partial charge is 0.360 e. The third-order valence-electron chi connectivity index (χ3n) is 5.09. The van der Waals surface area contributed by atoms with Crippen molar-refractivity contribution in [3.8, 4) is 0 Å². The second-order valence-corrected chi connectivity index (χ2v) is 7.29. The number of rotatable bonds is 5. The molecule has 0 saturated carbocycles. The average molecular weight is 385 g/mol. The van der Waals surface area contributed by atoms with Gasteiger partial charge in [0.1, 0.15) is 5.82 Å². The molecule has 1 aliphatic rings. The first-order chi connectivity index (χ1) is 13.5. The van der Waals surface area contributed by atoms with E-state index in [4.69, 9.17) is 0 Å². The van der Waals surface area contributed by atoms with Gasteiger partial charge in [-0.3, -0.25) is 0 Å². The molecule has 0 unspecified atom stereocenters. The minimum absolute atomic E-state index is 0.222. The molecule has 0 spiro atoms. The number of hydrogen-bond acceptors (Lipinski definition) is 7. The van der Waals surface area contributed by atoms with Crippen molar-refractivity contribution in [2.45, 2.75) is 25.3 Å². The van der Waals surface area contributed by atoms with Crippen molar-refractivity contribution in [1.82, 2.24) is 34.3 Å². The maximum absolute atomic E-state index is 13.9. The van der Waals surface area contributed by atoms with E-state index >= 15 is 0 Å². The number of imidazole rings is 1. The smallest absolute Gasteiger partial charge is 0.227 e. The SMILES string of the molecule is CN(C)c1nc(N2CCC[C@H](c3nnc(Cn4ccnc4)n3C)C2)ncc1F. The lowest BCUT2D eigenvalue weighted by molar-refractivity contribution is 0.472. The molecular formula is C18H24FN9. The molecule has 1 saturated heterocycles. The third kappa shape index (κ3) is 3.54. The van der Waals surface area contributed by atoms with E-state index in [0.717, 1.165) is 37.6 Å². The Morgan fingerprint density at radius 2 is 2.14 bits per heavy atom. The monoisotopic (exact) mass is 385 g/mol. The predicted octanol–water partition coefficient (Wildman–Crippen LogP) is 1.44. The molecule has 0 radical (unpaired) electrons. The molecular weight excluding hydrogens is 361 g/mol. The maximum Gasteiger partial charge on any atom is 0.227 e. The molecule has 3 aromatic heterocycles. The van der Waals surface area contributed by atoms with Crippen LogP contribution in [0.4, 0.5) is 16.2 Å². The minimum atomic E-state index is -0.417. The second kappa shape index (κ2) is 7.53. The summed E-state index contributed by atoms with van der Waals surface area (Å²) in [6, 6.07) is 0. The summed E-state index contributed by atoms with van der Waals surface area (Å²) >= 11 is 0. The summed E-state index contributed by atoms with van der Waals surface area (Å²) in [7, 11) is 5.55. The van der Waals surface area contributed by atoms with Crippen LogP contribution in [0.2, 0.25) is 0 Å². The number of aromatic nitrogens is 7. The van der Waals surface area contributed by atoms with Crippen LogP contribution >= 0.6 is 0 Å². The highest BCUT2D eigenvalue weighted by Crippen LogP contribution is 2.28. The standard InChI is InChI=1S/C18H24FN9/c1-25(2)17-14(19)9-21-18(22-17)28-7-4-5-13(10-28)16-24-23-15(26(16)3)11-27-8-6-20-12-27/h6,8-9,12-13H,4-5,7,10-11H2,1-3H3/t13-/m0/s1. The van der Waals surface area contributed by atoms with Gasteiger partial charge < -0.3 is 18.9 Å². The first-order valence-electron chi connectivity index (χ1n) is 9.31. The Morgan fingerprint density at radius 3 is 2.89 bits per heavy atom. The van der Waals surface area contributed by atoms with Crippen LogP contribution in [0, 0.1) is 5.82 Å². The van der Waals surface area contributed by atoms with E-state index in [0.29, 0.717) is 18.3 Å². The van der Waals surface area contributed by atoms with Gasteiger partial charge in [-0.25, -0.2) is 14.4 Å². The Morgan fingerprint density at radius 1 is 1.29 bits per heavy atom. The summed E-state index contributed by atoms with van der Waals surface area (Å²) in [6.45, 7) is 2.21. The van der Waals surface area contributed by atoms with Gasteiger partial charge in [0.05, 0.1) is 19.1 Å². The van der Waals surface area contributed by atoms with Crippen molar-refractivity contribution in [2.75, 3.05) is 37.0 Å². The Labute approximate surface area is 162 Å². The van der Waals surface area contributed by atoms with Crippen LogP contribution in [-0.4, -0.2) is 61.5 Å². The summed E-state index contributed by atoms with van der Waals surface area (Å²) in [6.07, 6.45) is 8.69. The van der Waals surface area contributed by atoms with Crippen LogP contribution in [0.3, 0.4) is 0 Å². The molecule has 1 atom stereocenters. The van der Waals surface area contributed by atoms with Crippen LogP contribution in [0.1, 0.15) is 30.4 Å². The number of anilines is 2. The van der Waals surface area contributed by atoms with Crippen molar-refractivity contribution >= 4 is 11.8 Å². The average Bonchev–Trinajstić information content (AvgIpc) is 3.33. The number of hydrogen-bond donors (Lipinski definition) is 0. The van der Waals surface area contributed by atoms with Crippen LogP contribution in [0.5, 0.6) is 0 Å². The number of halogens is 1. The summed E-state index contributed by atoms with van der Waals surface area (Å²) < 4.78 is 18.0. The van der Waals surface area contributed by atoms with Crippen molar-refractivity contribution < 1.29 is 4.39 Å². The molecule has 0 aliphatic carbocycles. The summed E-state index contributed by atoms with van der Waals surface area (Å²) in [4.78, 5) is 16.5. The zero-order valence-corrected chi connectivity index (χ0v) is 16.3. The Kier molecular flexibility index (Phi) is 4.93.